The molecule has 0 bridgehead atoms. The standard InChI is InChI=1S/C13H18F3N3O2/c1-11(2,3)19-7-9(6-17-19)10(20)18-5-4-12(21,8-18)13(14,15)16/h6-7,21H,4-5,8H2,1-3H3. The lowest BCUT2D eigenvalue weighted by Gasteiger charge is -2.25. The minimum absolute atomic E-state index is 0.129. The Morgan fingerprint density at radius 3 is 2.43 bits per heavy atom. The fourth-order valence-corrected chi connectivity index (χ4v) is 2.18. The predicted molar refractivity (Wildman–Crippen MR) is 68.7 cm³/mol. The van der Waals surface area contributed by atoms with Gasteiger partial charge in [0.25, 0.3) is 5.91 Å². The topological polar surface area (TPSA) is 58.4 Å². The smallest absolute Gasteiger partial charge is 0.379 e. The van der Waals surface area contributed by atoms with Crippen LogP contribution < -0.4 is 0 Å². The first-order valence-corrected chi connectivity index (χ1v) is 6.58. The van der Waals surface area contributed by atoms with Crippen LogP contribution in [0.25, 0.3) is 0 Å². The fraction of sp³-hybridized carbons (Fsp3) is 0.692. The molecule has 1 aliphatic heterocycles. The van der Waals surface area contributed by atoms with Gasteiger partial charge in [0.15, 0.2) is 5.60 Å². The number of amides is 1. The second-order valence-electron chi connectivity index (χ2n) is 6.35. The van der Waals surface area contributed by atoms with Gasteiger partial charge >= 0.3 is 6.18 Å². The van der Waals surface area contributed by atoms with Crippen LogP contribution in [0.4, 0.5) is 13.2 Å². The van der Waals surface area contributed by atoms with Crippen LogP contribution >= 0.6 is 0 Å². The van der Waals surface area contributed by atoms with Crippen molar-refractivity contribution in [3.8, 4) is 0 Å². The Morgan fingerprint density at radius 1 is 1.38 bits per heavy atom. The van der Waals surface area contributed by atoms with Gasteiger partial charge in [0, 0.05) is 19.2 Å². The molecular formula is C13H18F3N3O2. The van der Waals surface area contributed by atoms with Crippen molar-refractivity contribution in [3.63, 3.8) is 0 Å². The van der Waals surface area contributed by atoms with E-state index in [0.717, 1.165) is 4.90 Å². The van der Waals surface area contributed by atoms with Gasteiger partial charge in [0.1, 0.15) is 0 Å². The highest BCUT2D eigenvalue weighted by Crippen LogP contribution is 2.38. The number of halogens is 3. The number of rotatable bonds is 1. The number of carbonyl (C=O) groups excluding carboxylic acids is 1. The summed E-state index contributed by atoms with van der Waals surface area (Å²) in [7, 11) is 0. The third-order valence-corrected chi connectivity index (χ3v) is 3.58. The summed E-state index contributed by atoms with van der Waals surface area (Å²) in [6.07, 6.45) is -2.40. The fourth-order valence-electron chi connectivity index (χ4n) is 2.18. The van der Waals surface area contributed by atoms with Gasteiger partial charge in [-0.15, -0.1) is 0 Å². The average Bonchev–Trinajstić information content (AvgIpc) is 2.93. The monoisotopic (exact) mass is 305 g/mol. The van der Waals surface area contributed by atoms with Gasteiger partial charge in [0.2, 0.25) is 0 Å². The summed E-state index contributed by atoms with van der Waals surface area (Å²) in [5, 5.41) is 13.6. The maximum Gasteiger partial charge on any atom is 0.419 e. The van der Waals surface area contributed by atoms with E-state index in [1.54, 1.807) is 4.68 Å². The van der Waals surface area contributed by atoms with Crippen LogP contribution in [-0.4, -0.2) is 50.6 Å². The highest BCUT2D eigenvalue weighted by Gasteiger charge is 2.57. The number of hydrogen-bond donors (Lipinski definition) is 1. The van der Waals surface area contributed by atoms with Crippen molar-refractivity contribution in [1.29, 1.82) is 0 Å². The lowest BCUT2D eigenvalue weighted by Crippen LogP contribution is -2.48. The molecule has 0 aromatic carbocycles. The highest BCUT2D eigenvalue weighted by atomic mass is 19.4. The molecule has 1 aromatic heterocycles. The summed E-state index contributed by atoms with van der Waals surface area (Å²) in [6, 6.07) is 0. The first-order valence-electron chi connectivity index (χ1n) is 6.58. The lowest BCUT2D eigenvalue weighted by molar-refractivity contribution is -0.253. The van der Waals surface area contributed by atoms with E-state index in [9.17, 15) is 23.1 Å². The molecule has 118 valence electrons. The maximum atomic E-state index is 12.7. The summed E-state index contributed by atoms with van der Waals surface area (Å²) in [4.78, 5) is 13.2. The van der Waals surface area contributed by atoms with E-state index in [1.165, 1.54) is 12.4 Å². The Kier molecular flexibility index (Phi) is 3.56. The molecule has 0 saturated carbocycles. The van der Waals surface area contributed by atoms with Gasteiger partial charge in [0.05, 0.1) is 23.8 Å². The molecule has 8 heteroatoms. The van der Waals surface area contributed by atoms with Crippen LogP contribution in [-0.2, 0) is 5.54 Å². The third-order valence-electron chi connectivity index (χ3n) is 3.58. The zero-order chi connectivity index (χ0) is 16.1. The Hall–Kier alpha value is -1.57. The summed E-state index contributed by atoms with van der Waals surface area (Å²) < 4.78 is 39.8. The lowest BCUT2D eigenvalue weighted by atomic mass is 10.0. The number of alkyl halides is 3. The normalized spacial score (nSPS) is 23.7. The van der Waals surface area contributed by atoms with Crippen LogP contribution in [0.2, 0.25) is 0 Å². The van der Waals surface area contributed by atoms with Crippen molar-refractivity contribution >= 4 is 5.91 Å². The van der Waals surface area contributed by atoms with Crippen LogP contribution in [0.15, 0.2) is 12.4 Å². The van der Waals surface area contributed by atoms with E-state index in [2.05, 4.69) is 5.10 Å². The van der Waals surface area contributed by atoms with Gasteiger partial charge in [-0.3, -0.25) is 9.48 Å². The molecule has 1 unspecified atom stereocenters. The van der Waals surface area contributed by atoms with Crippen molar-refractivity contribution in [2.45, 2.75) is 44.5 Å². The van der Waals surface area contributed by atoms with E-state index in [4.69, 9.17) is 0 Å². The van der Waals surface area contributed by atoms with Crippen LogP contribution in [0.1, 0.15) is 37.6 Å². The predicted octanol–water partition coefficient (Wildman–Crippen LogP) is 1.78. The van der Waals surface area contributed by atoms with E-state index < -0.39 is 30.7 Å². The molecular weight excluding hydrogens is 287 g/mol. The third kappa shape index (κ3) is 2.90. The summed E-state index contributed by atoms with van der Waals surface area (Å²) in [5.74, 6) is -0.550. The van der Waals surface area contributed by atoms with E-state index in [0.29, 0.717) is 0 Å². The molecule has 1 N–H and O–H groups in total. The molecule has 0 aliphatic carbocycles. The minimum Gasteiger partial charge on any atom is -0.379 e. The molecule has 1 aliphatic rings. The Labute approximate surface area is 120 Å². The molecule has 21 heavy (non-hydrogen) atoms. The molecule has 0 radical (unpaired) electrons. The summed E-state index contributed by atoms with van der Waals surface area (Å²) >= 11 is 0. The summed E-state index contributed by atoms with van der Waals surface area (Å²) in [5.41, 5.74) is -2.92. The van der Waals surface area contributed by atoms with Crippen LogP contribution in [0.5, 0.6) is 0 Å². The van der Waals surface area contributed by atoms with Crippen molar-refractivity contribution in [2.24, 2.45) is 0 Å². The number of aromatic nitrogens is 2. The zero-order valence-electron chi connectivity index (χ0n) is 12.1. The number of likely N-dealkylation sites (tertiary alicyclic amines) is 1. The molecule has 2 heterocycles. The molecule has 2 rings (SSSR count). The second kappa shape index (κ2) is 4.72. The maximum absolute atomic E-state index is 12.7. The molecule has 0 spiro atoms. The molecule has 1 saturated heterocycles. The minimum atomic E-state index is -4.74. The number of carbonyl (C=O) groups is 1. The Morgan fingerprint density at radius 2 is 2.00 bits per heavy atom. The van der Waals surface area contributed by atoms with Crippen molar-refractivity contribution in [2.75, 3.05) is 13.1 Å². The Bertz CT molecular complexity index is 548. The van der Waals surface area contributed by atoms with Gasteiger partial charge in [-0.05, 0) is 20.8 Å². The Balaban J connectivity index is 2.14. The molecule has 1 aromatic rings. The zero-order valence-corrected chi connectivity index (χ0v) is 12.1. The van der Waals surface area contributed by atoms with Gasteiger partial charge in [-0.25, -0.2) is 0 Å². The molecule has 1 amide bonds. The molecule has 5 nitrogen and oxygen atoms in total. The number of hydrogen-bond acceptors (Lipinski definition) is 3. The quantitative estimate of drug-likeness (QED) is 0.860. The first kappa shape index (κ1) is 15.8. The molecule has 1 fully saturated rings. The van der Waals surface area contributed by atoms with E-state index in [1.807, 2.05) is 20.8 Å². The second-order valence-corrected chi connectivity index (χ2v) is 6.35. The van der Waals surface area contributed by atoms with Crippen molar-refractivity contribution < 1.29 is 23.1 Å². The highest BCUT2D eigenvalue weighted by molar-refractivity contribution is 5.94. The van der Waals surface area contributed by atoms with E-state index in [-0.39, 0.29) is 17.6 Å². The summed E-state index contributed by atoms with van der Waals surface area (Å²) in [6.45, 7) is 4.82. The van der Waals surface area contributed by atoms with Crippen molar-refractivity contribution in [3.05, 3.63) is 18.0 Å². The van der Waals surface area contributed by atoms with Gasteiger partial charge in [-0.1, -0.05) is 0 Å². The van der Waals surface area contributed by atoms with Gasteiger partial charge < -0.3 is 10.0 Å². The van der Waals surface area contributed by atoms with Gasteiger partial charge in [-0.2, -0.15) is 18.3 Å². The van der Waals surface area contributed by atoms with Crippen molar-refractivity contribution in [1.82, 2.24) is 14.7 Å². The molecule has 1 atom stereocenters. The first-order chi connectivity index (χ1) is 9.44. The SMILES string of the molecule is CC(C)(C)n1cc(C(=O)N2CCC(O)(C(F)(F)F)C2)cn1. The number of β-amino-alcohol motifs (C(OH)–C–C–N with tert-alkyl or cyclic N) is 1. The largest absolute Gasteiger partial charge is 0.419 e. The van der Waals surface area contributed by atoms with E-state index >= 15 is 0 Å². The number of aliphatic hydroxyl groups is 1. The number of nitrogens with zero attached hydrogens (tertiary/aromatic N) is 3. The average molecular weight is 305 g/mol. The van der Waals surface area contributed by atoms with Crippen LogP contribution in [0, 0.1) is 0 Å². The van der Waals surface area contributed by atoms with Crippen LogP contribution in [0.3, 0.4) is 0 Å².